The molecule has 8 heterocycles. The summed E-state index contributed by atoms with van der Waals surface area (Å²) in [7, 11) is 6.20. The number of morpholine rings is 1. The van der Waals surface area contributed by atoms with E-state index >= 15 is 0 Å². The number of hydrogen-bond donors (Lipinski definition) is 5. The molecule has 0 radical (unpaired) electrons. The molecule has 131 heavy (non-hydrogen) atoms. The van der Waals surface area contributed by atoms with E-state index in [0.717, 1.165) is 197 Å². The van der Waals surface area contributed by atoms with Gasteiger partial charge in [-0.3, -0.25) is 0 Å². The zero-order chi connectivity index (χ0) is 92.3. The third kappa shape index (κ3) is 28.9. The van der Waals surface area contributed by atoms with Crippen molar-refractivity contribution >= 4 is 126 Å². The molecule has 16 rings (SSSR count). The number of methoxy groups -OCH3 is 2. The van der Waals surface area contributed by atoms with Gasteiger partial charge in [0.2, 0.25) is 33.8 Å². The minimum Gasteiger partial charge on any atom is -0.495 e. The Bertz CT molecular complexity index is 5790. The van der Waals surface area contributed by atoms with Gasteiger partial charge in [-0.25, -0.2) is 53.0 Å². The number of hydrogen-bond acceptors (Lipinski definition) is 25. The summed E-state index contributed by atoms with van der Waals surface area (Å²) in [6.07, 6.45) is 12.4. The molecule has 0 saturated carbocycles. The second-order valence-electron chi connectivity index (χ2n) is 33.5. The van der Waals surface area contributed by atoms with Crippen LogP contribution in [0.25, 0.3) is 0 Å². The number of sulfonamides is 1. The fraction of sp³-hybridized carbons (Fsp3) is 0.360. The first-order valence-electron chi connectivity index (χ1n) is 44.7. The Balaban J connectivity index is 0.000000149. The summed E-state index contributed by atoms with van der Waals surface area (Å²) in [5.74, 6) is 4.23. The van der Waals surface area contributed by atoms with Gasteiger partial charge < -0.3 is 74.5 Å². The second kappa shape index (κ2) is 47.7. The number of benzene rings is 8. The standard InChI is InChI=1S/C26H32ClN5O.C26H33N5O3S.C25H29Cl2N5O.C23H26ClN5O/c1-4-5-20-18-28-26(30-24(20)16-19-6-11-23(27)25(17-19)33-3)29-21-7-9-22(10-8-21)32-14-12-31(2)13-15-32;1-4-21-18-27-26(28-22-8-10-23(11-9-22)31-12-14-34-15-13-31)29-25(21)17-20-6-5-7-24(16-20)35(32,33)30-19(2)3;1-17(2)33-24-15-18(4-9-21(24)26)14-23-22(27)16-28-25(30-23)29-19-5-7-20(8-6-19)32-12-10-31(3)11-13-32;1-28-11-13-29(14-12-28)20-6-4-18(5-7-20)26-23-25-10-9-19(27-23)15-17-3-8-21(24)22(16-17)30-2/h6-11,17-18H,4-5,12-16H2,1-3H3,(H,28,29,30);5-11,16,18-19,30H,4,12-15,17H2,1-3H3,(H,27,28,29);4-9,15-17H,10-14H2,1-3H3,(H,28,29,30);3-10,16H,11-15H2,1-2H3,(H,25,26,27). The molecule has 4 fully saturated rings. The van der Waals surface area contributed by atoms with Crippen LogP contribution in [0.3, 0.4) is 0 Å². The number of nitrogens with one attached hydrogen (secondary N) is 5. The van der Waals surface area contributed by atoms with Crippen molar-refractivity contribution < 1.29 is 27.4 Å². The number of ether oxygens (including phenoxy) is 4. The van der Waals surface area contributed by atoms with E-state index in [0.29, 0.717) is 86.8 Å². The van der Waals surface area contributed by atoms with Crippen molar-refractivity contribution in [3.05, 3.63) is 283 Å². The third-order valence-electron chi connectivity index (χ3n) is 22.7. The summed E-state index contributed by atoms with van der Waals surface area (Å²) in [6.45, 7) is 28.0. The van der Waals surface area contributed by atoms with Crippen molar-refractivity contribution in [1.82, 2.24) is 59.3 Å². The first-order chi connectivity index (χ1) is 63.4. The fourth-order valence-corrected chi connectivity index (χ4v) is 17.4. The molecule has 0 bridgehead atoms. The molecule has 690 valence electrons. The zero-order valence-electron chi connectivity index (χ0n) is 76.6. The molecular formula is C100H120Cl4N20O6S. The topological polar surface area (TPSA) is 257 Å². The first kappa shape index (κ1) is 97.3. The molecule has 4 aliphatic heterocycles. The Hall–Kier alpha value is -11.2. The molecule has 0 spiro atoms. The Morgan fingerprint density at radius 3 is 1.21 bits per heavy atom. The summed E-state index contributed by atoms with van der Waals surface area (Å²) in [5.41, 5.74) is 18.5. The number of halogens is 4. The van der Waals surface area contributed by atoms with Crippen LogP contribution in [0.1, 0.15) is 104 Å². The van der Waals surface area contributed by atoms with Crippen molar-refractivity contribution in [2.24, 2.45) is 0 Å². The Kier molecular flexibility index (Phi) is 35.5. The maximum absolute atomic E-state index is 12.6. The summed E-state index contributed by atoms with van der Waals surface area (Å²) in [4.78, 5) is 53.6. The summed E-state index contributed by atoms with van der Waals surface area (Å²) >= 11 is 25.0. The summed E-state index contributed by atoms with van der Waals surface area (Å²) < 4.78 is 49.7. The lowest BCUT2D eigenvalue weighted by atomic mass is 10.0. The SMILES string of the molecule is CC(C)Oc1cc(Cc2nc(Nc3ccc(N4CCN(C)CC4)cc3)ncc2Cl)ccc1Cl.CCCc1cnc(Nc2ccc(N3CCN(C)CC3)cc2)nc1Cc1ccc(Cl)c(OC)c1.CCc1cnc(Nc2ccc(N3CCOCC3)cc2)nc1Cc1cccc(S(=O)(=O)NC(C)C)c1.COc1cc(Cc2ccnc(Nc3ccc(N4CCN(C)CC4)cc3)n2)ccc1Cl. The highest BCUT2D eigenvalue weighted by Gasteiger charge is 2.23. The number of piperazine rings is 3. The largest absolute Gasteiger partial charge is 0.495 e. The number of rotatable bonds is 30. The van der Waals surface area contributed by atoms with Crippen molar-refractivity contribution in [3.8, 4) is 17.2 Å². The van der Waals surface area contributed by atoms with Crippen LogP contribution in [0.2, 0.25) is 20.1 Å². The molecule has 0 atom stereocenters. The normalized spacial score (nSPS) is 14.5. The van der Waals surface area contributed by atoms with Gasteiger partial charge in [-0.15, -0.1) is 0 Å². The van der Waals surface area contributed by atoms with E-state index in [1.807, 2.05) is 105 Å². The molecular weight excluding hydrogens is 1750 g/mol. The monoisotopic (exact) mass is 1870 g/mol. The van der Waals surface area contributed by atoms with Crippen molar-refractivity contribution in [1.29, 1.82) is 0 Å². The summed E-state index contributed by atoms with van der Waals surface area (Å²) in [5, 5.41) is 15.6. The van der Waals surface area contributed by atoms with Crippen molar-refractivity contribution in [2.75, 3.05) is 181 Å². The quantitative estimate of drug-likeness (QED) is 0.0280. The average molecular weight is 1870 g/mol. The highest BCUT2D eigenvalue weighted by molar-refractivity contribution is 7.89. The highest BCUT2D eigenvalue weighted by atomic mass is 35.5. The van der Waals surface area contributed by atoms with Gasteiger partial charge in [0.1, 0.15) is 17.2 Å². The van der Waals surface area contributed by atoms with Crippen LogP contribution in [0.15, 0.2) is 212 Å². The summed E-state index contributed by atoms with van der Waals surface area (Å²) in [6, 6.07) is 59.7. The van der Waals surface area contributed by atoms with E-state index in [9.17, 15) is 8.42 Å². The van der Waals surface area contributed by atoms with Crippen LogP contribution in [-0.2, 0) is 53.3 Å². The van der Waals surface area contributed by atoms with Gasteiger partial charge in [0.05, 0.1) is 87.5 Å². The molecule has 5 N–H and O–H groups in total. The maximum Gasteiger partial charge on any atom is 0.240 e. The Morgan fingerprint density at radius 1 is 0.405 bits per heavy atom. The van der Waals surface area contributed by atoms with Gasteiger partial charge in [-0.1, -0.05) is 97.0 Å². The molecule has 0 aliphatic carbocycles. The number of aromatic nitrogens is 8. The van der Waals surface area contributed by atoms with Crippen LogP contribution in [-0.4, -0.2) is 215 Å². The zero-order valence-corrected chi connectivity index (χ0v) is 80.5. The van der Waals surface area contributed by atoms with Gasteiger partial charge in [-0.2, -0.15) is 0 Å². The van der Waals surface area contributed by atoms with Crippen LogP contribution in [0.5, 0.6) is 17.2 Å². The lowest BCUT2D eigenvalue weighted by Gasteiger charge is -2.34. The molecule has 12 aromatic rings. The van der Waals surface area contributed by atoms with Gasteiger partial charge in [0, 0.05) is 187 Å². The molecule has 4 aromatic heterocycles. The van der Waals surface area contributed by atoms with Gasteiger partial charge >= 0.3 is 0 Å². The van der Waals surface area contributed by atoms with Crippen molar-refractivity contribution in [3.63, 3.8) is 0 Å². The number of aryl methyl sites for hydroxylation is 2. The third-order valence-corrected chi connectivity index (χ3v) is 25.6. The average Bonchev–Trinajstić information content (AvgIpc) is 0.821. The van der Waals surface area contributed by atoms with Crippen LogP contribution in [0, 0.1) is 0 Å². The van der Waals surface area contributed by atoms with Crippen LogP contribution in [0.4, 0.5) is 69.3 Å². The van der Waals surface area contributed by atoms with E-state index in [-0.39, 0.29) is 17.0 Å². The molecule has 4 saturated heterocycles. The number of nitrogens with zero attached hydrogens (tertiary/aromatic N) is 15. The predicted molar refractivity (Wildman–Crippen MR) is 534 cm³/mol. The van der Waals surface area contributed by atoms with Gasteiger partial charge in [0.25, 0.3) is 0 Å². The highest BCUT2D eigenvalue weighted by Crippen LogP contribution is 2.34. The minimum atomic E-state index is -3.56. The molecule has 26 nitrogen and oxygen atoms in total. The lowest BCUT2D eigenvalue weighted by molar-refractivity contribution is 0.122. The maximum atomic E-state index is 12.6. The first-order valence-corrected chi connectivity index (χ1v) is 47.7. The van der Waals surface area contributed by atoms with E-state index < -0.39 is 10.0 Å². The molecule has 0 unspecified atom stereocenters. The van der Waals surface area contributed by atoms with E-state index in [1.165, 1.54) is 28.3 Å². The molecule has 31 heteroatoms. The Morgan fingerprint density at radius 2 is 0.786 bits per heavy atom. The number of likely N-dealkylation sites (N-methyl/N-ethyl adjacent to an activating group) is 3. The smallest absolute Gasteiger partial charge is 0.240 e. The Labute approximate surface area is 791 Å². The minimum absolute atomic E-state index is 0.0406. The van der Waals surface area contributed by atoms with Crippen LogP contribution < -0.4 is 59.8 Å². The molecule has 4 aliphatic rings. The fourth-order valence-electron chi connectivity index (χ4n) is 15.4. The van der Waals surface area contributed by atoms with Gasteiger partial charge in [0.15, 0.2) is 0 Å². The molecule has 8 aromatic carbocycles. The van der Waals surface area contributed by atoms with Crippen molar-refractivity contribution in [2.45, 2.75) is 104 Å². The predicted octanol–water partition coefficient (Wildman–Crippen LogP) is 19.0. The number of anilines is 12. The van der Waals surface area contributed by atoms with Gasteiger partial charge in [-0.05, 0) is 247 Å². The van der Waals surface area contributed by atoms with E-state index in [1.54, 1.807) is 58.7 Å². The van der Waals surface area contributed by atoms with E-state index in [2.05, 4.69) is 210 Å². The lowest BCUT2D eigenvalue weighted by Crippen LogP contribution is -2.44. The second-order valence-corrected chi connectivity index (χ2v) is 36.8. The van der Waals surface area contributed by atoms with Crippen LogP contribution >= 0.6 is 46.4 Å². The molecule has 0 amide bonds. The van der Waals surface area contributed by atoms with E-state index in [4.69, 9.17) is 75.3 Å².